The minimum absolute atomic E-state index is 0.214. The van der Waals surface area contributed by atoms with Gasteiger partial charge >= 0.3 is 0 Å². The molecule has 0 amide bonds. The van der Waals surface area contributed by atoms with Gasteiger partial charge in [0, 0.05) is 13.5 Å². The zero-order valence-electron chi connectivity index (χ0n) is 8.30. The lowest BCUT2D eigenvalue weighted by Crippen LogP contribution is -2.28. The van der Waals surface area contributed by atoms with Crippen LogP contribution < -0.4 is 0 Å². The van der Waals surface area contributed by atoms with Crippen LogP contribution >= 0.6 is 0 Å². The summed E-state index contributed by atoms with van der Waals surface area (Å²) in [5.74, 6) is -0.214. The van der Waals surface area contributed by atoms with Crippen LogP contribution in [0.3, 0.4) is 0 Å². The molecule has 0 aromatic rings. The molecule has 1 heterocycles. The molecule has 0 aromatic heterocycles. The normalized spacial score (nSPS) is 20.0. The van der Waals surface area contributed by atoms with E-state index in [9.17, 15) is 0 Å². The molecule has 1 fully saturated rings. The Hall–Kier alpha value is -0.120. The molecule has 1 N–H and O–H groups in total. The maximum Gasteiger partial charge on any atom is 0.168 e. The van der Waals surface area contributed by atoms with Crippen molar-refractivity contribution < 1.29 is 14.6 Å². The zero-order chi connectivity index (χ0) is 9.45. The fraction of sp³-hybridized carbons (Fsp3) is 1.00. The molecule has 0 saturated carbocycles. The number of aliphatic hydroxyl groups is 1. The van der Waals surface area contributed by atoms with Crippen molar-refractivity contribution in [2.24, 2.45) is 0 Å². The summed E-state index contributed by atoms with van der Waals surface area (Å²) in [5.41, 5.74) is 0. The first-order valence-corrected chi connectivity index (χ1v) is 4.55. The van der Waals surface area contributed by atoms with E-state index in [0.717, 1.165) is 39.6 Å². The Morgan fingerprint density at radius 3 is 2.00 bits per heavy atom. The second kappa shape index (κ2) is 6.40. The van der Waals surface area contributed by atoms with E-state index < -0.39 is 0 Å². The fourth-order valence-corrected chi connectivity index (χ4v) is 1.40. The number of aliphatic hydroxyl groups excluding tert-OH is 1. The van der Waals surface area contributed by atoms with Gasteiger partial charge in [0.25, 0.3) is 0 Å². The van der Waals surface area contributed by atoms with E-state index in [1.165, 1.54) is 0 Å². The summed E-state index contributed by atoms with van der Waals surface area (Å²) in [7, 11) is 1.00. The van der Waals surface area contributed by atoms with Gasteiger partial charge < -0.3 is 14.6 Å². The average Bonchev–Trinajstić information content (AvgIpc) is 2.58. The Morgan fingerprint density at radius 2 is 1.67 bits per heavy atom. The van der Waals surface area contributed by atoms with Gasteiger partial charge in [-0.25, -0.2) is 0 Å². The van der Waals surface area contributed by atoms with Crippen LogP contribution in [0.1, 0.15) is 33.1 Å². The summed E-state index contributed by atoms with van der Waals surface area (Å²) in [6.07, 6.45) is 3.14. The SMILES string of the molecule is CCCC1(CC)OCCO1.CO. The lowest BCUT2D eigenvalue weighted by Gasteiger charge is -2.24. The van der Waals surface area contributed by atoms with E-state index in [2.05, 4.69) is 13.8 Å². The zero-order valence-corrected chi connectivity index (χ0v) is 8.30. The number of hydrogen-bond acceptors (Lipinski definition) is 3. The van der Waals surface area contributed by atoms with Crippen LogP contribution in [0.4, 0.5) is 0 Å². The molecule has 1 saturated heterocycles. The minimum atomic E-state index is -0.214. The smallest absolute Gasteiger partial charge is 0.168 e. The molecule has 0 unspecified atom stereocenters. The van der Waals surface area contributed by atoms with Crippen molar-refractivity contribution in [1.29, 1.82) is 0 Å². The van der Waals surface area contributed by atoms with Crippen LogP contribution in [-0.4, -0.2) is 31.2 Å². The highest BCUT2D eigenvalue weighted by Gasteiger charge is 2.32. The number of ether oxygens (including phenoxy) is 2. The van der Waals surface area contributed by atoms with E-state index in [4.69, 9.17) is 14.6 Å². The lowest BCUT2D eigenvalue weighted by atomic mass is 10.1. The molecule has 74 valence electrons. The molecule has 1 aliphatic heterocycles. The quantitative estimate of drug-likeness (QED) is 0.709. The van der Waals surface area contributed by atoms with Crippen LogP contribution in [-0.2, 0) is 9.47 Å². The second-order valence-electron chi connectivity index (χ2n) is 2.71. The maximum atomic E-state index is 7.00. The first-order chi connectivity index (χ1) is 5.83. The number of hydrogen-bond donors (Lipinski definition) is 1. The van der Waals surface area contributed by atoms with Crippen LogP contribution in [0.5, 0.6) is 0 Å². The second-order valence-corrected chi connectivity index (χ2v) is 2.71. The summed E-state index contributed by atoms with van der Waals surface area (Å²) in [6, 6.07) is 0. The van der Waals surface area contributed by atoms with Crippen molar-refractivity contribution >= 4 is 0 Å². The predicted molar refractivity (Wildman–Crippen MR) is 48.0 cm³/mol. The highest BCUT2D eigenvalue weighted by molar-refractivity contribution is 4.71. The summed E-state index contributed by atoms with van der Waals surface area (Å²) < 4.78 is 11.0. The first kappa shape index (κ1) is 11.9. The van der Waals surface area contributed by atoms with Gasteiger partial charge in [0.2, 0.25) is 0 Å². The van der Waals surface area contributed by atoms with Crippen molar-refractivity contribution in [2.45, 2.75) is 38.9 Å². The van der Waals surface area contributed by atoms with Gasteiger partial charge in [-0.1, -0.05) is 20.3 Å². The van der Waals surface area contributed by atoms with E-state index in [1.54, 1.807) is 0 Å². The average molecular weight is 176 g/mol. The molecular weight excluding hydrogens is 156 g/mol. The van der Waals surface area contributed by atoms with Crippen LogP contribution in [0.2, 0.25) is 0 Å². The van der Waals surface area contributed by atoms with Gasteiger partial charge in [-0.2, -0.15) is 0 Å². The van der Waals surface area contributed by atoms with E-state index in [1.807, 2.05) is 0 Å². The third kappa shape index (κ3) is 3.09. The maximum absolute atomic E-state index is 7.00. The van der Waals surface area contributed by atoms with Crippen LogP contribution in [0, 0.1) is 0 Å². The third-order valence-corrected chi connectivity index (χ3v) is 1.98. The Kier molecular flexibility index (Phi) is 6.34. The Balaban J connectivity index is 0.000000561. The van der Waals surface area contributed by atoms with Crippen LogP contribution in [0.15, 0.2) is 0 Å². The molecule has 12 heavy (non-hydrogen) atoms. The summed E-state index contributed by atoms with van der Waals surface area (Å²) in [4.78, 5) is 0. The lowest BCUT2D eigenvalue weighted by molar-refractivity contribution is -0.163. The van der Waals surface area contributed by atoms with Gasteiger partial charge in [-0.05, 0) is 6.42 Å². The topological polar surface area (TPSA) is 38.7 Å². The summed E-state index contributed by atoms with van der Waals surface area (Å²) >= 11 is 0. The van der Waals surface area contributed by atoms with Gasteiger partial charge in [0.05, 0.1) is 13.2 Å². The molecular formula is C9H20O3. The highest BCUT2D eigenvalue weighted by atomic mass is 16.7. The van der Waals surface area contributed by atoms with Crippen LogP contribution in [0.25, 0.3) is 0 Å². The van der Waals surface area contributed by atoms with Gasteiger partial charge in [0.1, 0.15) is 0 Å². The standard InChI is InChI=1S/C8H16O2.CH4O/c1-3-5-8(4-2)9-6-7-10-8;1-2/h3-7H2,1-2H3;2H,1H3. The molecule has 0 atom stereocenters. The first-order valence-electron chi connectivity index (χ1n) is 4.55. The third-order valence-electron chi connectivity index (χ3n) is 1.98. The molecule has 0 radical (unpaired) electrons. The molecule has 1 rings (SSSR count). The minimum Gasteiger partial charge on any atom is -0.400 e. The van der Waals surface area contributed by atoms with E-state index in [-0.39, 0.29) is 5.79 Å². The van der Waals surface area contributed by atoms with Crippen molar-refractivity contribution in [1.82, 2.24) is 0 Å². The number of rotatable bonds is 3. The summed E-state index contributed by atoms with van der Waals surface area (Å²) in [5, 5.41) is 7.00. The van der Waals surface area contributed by atoms with E-state index in [0.29, 0.717) is 0 Å². The van der Waals surface area contributed by atoms with Crippen molar-refractivity contribution in [3.8, 4) is 0 Å². The largest absolute Gasteiger partial charge is 0.400 e. The van der Waals surface area contributed by atoms with Crippen molar-refractivity contribution in [3.63, 3.8) is 0 Å². The predicted octanol–water partition coefficient (Wildman–Crippen LogP) is 1.55. The molecule has 3 heteroatoms. The molecule has 0 aromatic carbocycles. The van der Waals surface area contributed by atoms with E-state index >= 15 is 0 Å². The molecule has 3 nitrogen and oxygen atoms in total. The monoisotopic (exact) mass is 176 g/mol. The fourth-order valence-electron chi connectivity index (χ4n) is 1.40. The molecule has 0 aliphatic carbocycles. The Morgan fingerprint density at radius 1 is 1.17 bits per heavy atom. The Labute approximate surface area is 74.7 Å². The van der Waals surface area contributed by atoms with Crippen molar-refractivity contribution in [3.05, 3.63) is 0 Å². The molecule has 0 bridgehead atoms. The van der Waals surface area contributed by atoms with Gasteiger partial charge in [0.15, 0.2) is 5.79 Å². The van der Waals surface area contributed by atoms with Crippen molar-refractivity contribution in [2.75, 3.05) is 20.3 Å². The summed E-state index contributed by atoms with van der Waals surface area (Å²) in [6.45, 7) is 5.81. The molecule has 1 aliphatic rings. The van der Waals surface area contributed by atoms with Gasteiger partial charge in [-0.15, -0.1) is 0 Å². The highest BCUT2D eigenvalue weighted by Crippen LogP contribution is 2.27. The van der Waals surface area contributed by atoms with Gasteiger partial charge in [-0.3, -0.25) is 0 Å². The molecule has 0 spiro atoms. The Bertz CT molecular complexity index is 97.9.